The smallest absolute Gasteiger partial charge is 0.225 e. The first kappa shape index (κ1) is 15.5. The molecule has 6 heteroatoms. The van der Waals surface area contributed by atoms with E-state index in [4.69, 9.17) is 11.6 Å². The number of rotatable bonds is 6. The molecular formula is C14H21ClN4S. The zero-order chi connectivity index (χ0) is 14.7. The average Bonchev–Trinajstić information content (AvgIpc) is 2.79. The summed E-state index contributed by atoms with van der Waals surface area (Å²) in [5.74, 6) is 0.940. The molecule has 0 aromatic carbocycles. The van der Waals surface area contributed by atoms with Crippen LogP contribution in [0.25, 0.3) is 10.2 Å². The third kappa shape index (κ3) is 3.59. The van der Waals surface area contributed by atoms with Gasteiger partial charge in [0.05, 0.1) is 5.39 Å². The second-order valence-corrected chi connectivity index (χ2v) is 6.63. The van der Waals surface area contributed by atoms with Gasteiger partial charge in [-0.25, -0.2) is 4.98 Å². The van der Waals surface area contributed by atoms with Gasteiger partial charge in [0.15, 0.2) is 0 Å². The van der Waals surface area contributed by atoms with Gasteiger partial charge >= 0.3 is 0 Å². The van der Waals surface area contributed by atoms with Gasteiger partial charge < -0.3 is 9.80 Å². The van der Waals surface area contributed by atoms with Crippen molar-refractivity contribution >= 4 is 39.0 Å². The highest BCUT2D eigenvalue weighted by Gasteiger charge is 2.13. The Kier molecular flexibility index (Phi) is 5.18. The molecule has 0 N–H and O–H groups in total. The topological polar surface area (TPSA) is 32.3 Å². The predicted molar refractivity (Wildman–Crippen MR) is 88.2 cm³/mol. The number of hydrogen-bond acceptors (Lipinski definition) is 5. The molecule has 0 saturated heterocycles. The van der Waals surface area contributed by atoms with Gasteiger partial charge in [-0.05, 0) is 51.1 Å². The zero-order valence-electron chi connectivity index (χ0n) is 12.5. The molecule has 0 spiro atoms. The molecule has 2 aromatic heterocycles. The first-order valence-corrected chi connectivity index (χ1v) is 8.02. The highest BCUT2D eigenvalue weighted by Crippen LogP contribution is 2.31. The Hall–Kier alpha value is -0.910. The van der Waals surface area contributed by atoms with E-state index < -0.39 is 0 Å². The molecule has 4 nitrogen and oxygen atoms in total. The van der Waals surface area contributed by atoms with Crippen molar-refractivity contribution in [2.24, 2.45) is 0 Å². The van der Waals surface area contributed by atoms with Crippen LogP contribution >= 0.6 is 22.9 Å². The predicted octanol–water partition coefficient (Wildman–Crippen LogP) is 3.30. The SMILES string of the molecule is CCc1cc2c(N(C)CCCN(C)C)nc(Cl)nc2s1. The molecule has 0 radical (unpaired) electrons. The fourth-order valence-corrected chi connectivity index (χ4v) is 3.30. The highest BCUT2D eigenvalue weighted by atomic mass is 35.5. The molecule has 0 fully saturated rings. The fourth-order valence-electron chi connectivity index (χ4n) is 2.13. The van der Waals surface area contributed by atoms with Crippen molar-refractivity contribution in [1.82, 2.24) is 14.9 Å². The van der Waals surface area contributed by atoms with Crippen LogP contribution in [0.3, 0.4) is 0 Å². The van der Waals surface area contributed by atoms with Gasteiger partial charge in [0.1, 0.15) is 10.6 Å². The molecule has 2 aromatic rings. The third-order valence-electron chi connectivity index (χ3n) is 3.21. The van der Waals surface area contributed by atoms with Crippen LogP contribution in [0, 0.1) is 0 Å². The molecule has 0 bridgehead atoms. The normalized spacial score (nSPS) is 11.5. The average molecular weight is 313 g/mol. The van der Waals surface area contributed by atoms with E-state index in [2.05, 4.69) is 53.9 Å². The van der Waals surface area contributed by atoms with E-state index in [1.165, 1.54) is 4.88 Å². The quantitative estimate of drug-likeness (QED) is 0.766. The van der Waals surface area contributed by atoms with Crippen LogP contribution in [-0.2, 0) is 6.42 Å². The van der Waals surface area contributed by atoms with Crippen LogP contribution in [0.5, 0.6) is 0 Å². The number of anilines is 1. The summed E-state index contributed by atoms with van der Waals surface area (Å²) in [7, 11) is 6.25. The highest BCUT2D eigenvalue weighted by molar-refractivity contribution is 7.18. The molecule has 0 atom stereocenters. The molecule has 0 amide bonds. The van der Waals surface area contributed by atoms with E-state index >= 15 is 0 Å². The van der Waals surface area contributed by atoms with Crippen LogP contribution < -0.4 is 4.90 Å². The molecular weight excluding hydrogens is 292 g/mol. The Morgan fingerprint density at radius 1 is 1.20 bits per heavy atom. The molecule has 2 heterocycles. The lowest BCUT2D eigenvalue weighted by Gasteiger charge is -2.20. The van der Waals surface area contributed by atoms with Crippen molar-refractivity contribution in [3.05, 3.63) is 16.2 Å². The summed E-state index contributed by atoms with van der Waals surface area (Å²) in [6, 6.07) is 2.19. The maximum atomic E-state index is 6.05. The molecule has 0 unspecified atom stereocenters. The summed E-state index contributed by atoms with van der Waals surface area (Å²) in [6.07, 6.45) is 2.11. The molecule has 0 aliphatic rings. The summed E-state index contributed by atoms with van der Waals surface area (Å²) in [4.78, 5) is 15.4. The summed E-state index contributed by atoms with van der Waals surface area (Å²) in [5, 5.41) is 1.44. The second-order valence-electron chi connectivity index (χ2n) is 5.18. The maximum Gasteiger partial charge on any atom is 0.225 e. The van der Waals surface area contributed by atoms with E-state index in [9.17, 15) is 0 Å². The number of halogens is 1. The van der Waals surface area contributed by atoms with Gasteiger partial charge in [0.2, 0.25) is 5.28 Å². The summed E-state index contributed by atoms with van der Waals surface area (Å²) >= 11 is 7.76. The molecule has 20 heavy (non-hydrogen) atoms. The molecule has 0 aliphatic heterocycles. The number of aromatic nitrogens is 2. The number of fused-ring (bicyclic) bond motifs is 1. The van der Waals surface area contributed by atoms with Crippen LogP contribution in [0.2, 0.25) is 5.28 Å². The lowest BCUT2D eigenvalue weighted by atomic mass is 10.3. The minimum absolute atomic E-state index is 0.330. The number of thiophene rings is 1. The van der Waals surface area contributed by atoms with Crippen molar-refractivity contribution < 1.29 is 0 Å². The van der Waals surface area contributed by atoms with E-state index in [1.54, 1.807) is 11.3 Å². The van der Waals surface area contributed by atoms with Crippen LogP contribution in [-0.4, -0.2) is 49.1 Å². The van der Waals surface area contributed by atoms with E-state index in [0.29, 0.717) is 5.28 Å². The van der Waals surface area contributed by atoms with Crippen molar-refractivity contribution in [2.45, 2.75) is 19.8 Å². The number of aryl methyl sites for hydroxylation is 1. The van der Waals surface area contributed by atoms with Gasteiger partial charge in [-0.2, -0.15) is 4.98 Å². The van der Waals surface area contributed by atoms with Gasteiger partial charge in [0.25, 0.3) is 0 Å². The van der Waals surface area contributed by atoms with Gasteiger partial charge in [0, 0.05) is 18.5 Å². The van der Waals surface area contributed by atoms with Gasteiger partial charge in [-0.1, -0.05) is 6.92 Å². The monoisotopic (exact) mass is 312 g/mol. The van der Waals surface area contributed by atoms with E-state index in [1.807, 2.05) is 0 Å². The molecule has 110 valence electrons. The Labute approximate surface area is 129 Å². The summed E-state index contributed by atoms with van der Waals surface area (Å²) in [6.45, 7) is 4.17. The lowest BCUT2D eigenvalue weighted by molar-refractivity contribution is 0.401. The second kappa shape index (κ2) is 6.70. The van der Waals surface area contributed by atoms with Crippen LogP contribution in [0.4, 0.5) is 5.82 Å². The largest absolute Gasteiger partial charge is 0.359 e. The van der Waals surface area contributed by atoms with Crippen molar-refractivity contribution in [1.29, 1.82) is 0 Å². The van der Waals surface area contributed by atoms with Gasteiger partial charge in [-0.3, -0.25) is 0 Å². The van der Waals surface area contributed by atoms with Crippen molar-refractivity contribution in [3.8, 4) is 0 Å². The number of nitrogens with zero attached hydrogens (tertiary/aromatic N) is 4. The van der Waals surface area contributed by atoms with Crippen molar-refractivity contribution in [3.63, 3.8) is 0 Å². The minimum atomic E-state index is 0.330. The fraction of sp³-hybridized carbons (Fsp3) is 0.571. The maximum absolute atomic E-state index is 6.05. The Morgan fingerprint density at radius 3 is 2.60 bits per heavy atom. The first-order valence-electron chi connectivity index (χ1n) is 6.83. The van der Waals surface area contributed by atoms with E-state index in [-0.39, 0.29) is 0 Å². The molecule has 2 rings (SSSR count). The van der Waals surface area contributed by atoms with Gasteiger partial charge in [-0.15, -0.1) is 11.3 Å². The first-order chi connectivity index (χ1) is 9.51. The molecule has 0 saturated carbocycles. The van der Waals surface area contributed by atoms with Crippen LogP contribution in [0.1, 0.15) is 18.2 Å². The molecule has 0 aliphatic carbocycles. The van der Waals surface area contributed by atoms with E-state index in [0.717, 1.165) is 42.0 Å². The van der Waals surface area contributed by atoms with Crippen LogP contribution in [0.15, 0.2) is 6.07 Å². The Balaban J connectivity index is 2.25. The number of hydrogen-bond donors (Lipinski definition) is 0. The Morgan fingerprint density at radius 2 is 1.95 bits per heavy atom. The summed E-state index contributed by atoms with van der Waals surface area (Å²) < 4.78 is 0. The Bertz CT molecular complexity index is 582. The standard InChI is InChI=1S/C14H21ClN4S/c1-5-10-9-11-12(16-14(15)17-13(11)20-10)19(4)8-6-7-18(2)3/h9H,5-8H2,1-4H3. The van der Waals surface area contributed by atoms with Crippen molar-refractivity contribution in [2.75, 3.05) is 39.1 Å². The lowest BCUT2D eigenvalue weighted by Crippen LogP contribution is -2.24. The summed E-state index contributed by atoms with van der Waals surface area (Å²) in [5.41, 5.74) is 0. The third-order valence-corrected chi connectivity index (χ3v) is 4.55. The zero-order valence-corrected chi connectivity index (χ0v) is 14.1. The minimum Gasteiger partial charge on any atom is -0.359 e.